The Labute approximate surface area is 115 Å². The molecule has 1 aromatic rings. The highest BCUT2D eigenvalue weighted by molar-refractivity contribution is 5.47. The third kappa shape index (κ3) is 3.27. The highest BCUT2D eigenvalue weighted by Gasteiger charge is 2.33. The van der Waals surface area contributed by atoms with Crippen LogP contribution in [-0.2, 0) is 0 Å². The fourth-order valence-electron chi connectivity index (χ4n) is 3.15. The summed E-state index contributed by atoms with van der Waals surface area (Å²) in [6, 6.07) is 6.92. The number of benzene rings is 1. The second-order valence-corrected chi connectivity index (χ2v) is 5.68. The van der Waals surface area contributed by atoms with E-state index in [9.17, 15) is 9.50 Å². The summed E-state index contributed by atoms with van der Waals surface area (Å²) in [6.07, 6.45) is 5.71. The van der Waals surface area contributed by atoms with Crippen molar-refractivity contribution >= 4 is 5.69 Å². The third-order valence-corrected chi connectivity index (χ3v) is 4.35. The SMILES string of the molecule is CCN(CC1(CO)CCCCC1)c1ccccc1F. The molecule has 0 aliphatic heterocycles. The van der Waals surface area contributed by atoms with E-state index in [1.165, 1.54) is 25.3 Å². The van der Waals surface area contributed by atoms with Gasteiger partial charge in [0, 0.05) is 18.5 Å². The largest absolute Gasteiger partial charge is 0.396 e. The zero-order valence-corrected chi connectivity index (χ0v) is 11.7. The quantitative estimate of drug-likeness (QED) is 0.879. The normalized spacial score (nSPS) is 18.3. The van der Waals surface area contributed by atoms with E-state index in [0.717, 1.165) is 25.9 Å². The van der Waals surface area contributed by atoms with Crippen molar-refractivity contribution in [1.82, 2.24) is 0 Å². The minimum absolute atomic E-state index is 0.0451. The number of nitrogens with zero attached hydrogens (tertiary/aromatic N) is 1. The van der Waals surface area contributed by atoms with E-state index in [0.29, 0.717) is 5.69 Å². The van der Waals surface area contributed by atoms with Crippen LogP contribution >= 0.6 is 0 Å². The molecule has 19 heavy (non-hydrogen) atoms. The fraction of sp³-hybridized carbons (Fsp3) is 0.625. The molecule has 1 saturated carbocycles. The van der Waals surface area contributed by atoms with E-state index < -0.39 is 0 Å². The van der Waals surface area contributed by atoms with Gasteiger partial charge in [-0.3, -0.25) is 0 Å². The summed E-state index contributed by atoms with van der Waals surface area (Å²) in [7, 11) is 0. The monoisotopic (exact) mass is 265 g/mol. The molecular weight excluding hydrogens is 241 g/mol. The second kappa shape index (κ2) is 6.38. The van der Waals surface area contributed by atoms with Crippen LogP contribution in [0, 0.1) is 11.2 Å². The van der Waals surface area contributed by atoms with Crippen molar-refractivity contribution in [3.8, 4) is 0 Å². The Morgan fingerprint density at radius 1 is 1.21 bits per heavy atom. The molecule has 0 bridgehead atoms. The van der Waals surface area contributed by atoms with Crippen molar-refractivity contribution in [3.05, 3.63) is 30.1 Å². The smallest absolute Gasteiger partial charge is 0.146 e. The molecule has 3 heteroatoms. The lowest BCUT2D eigenvalue weighted by Gasteiger charge is -2.40. The van der Waals surface area contributed by atoms with Gasteiger partial charge in [-0.05, 0) is 31.9 Å². The third-order valence-electron chi connectivity index (χ3n) is 4.35. The van der Waals surface area contributed by atoms with E-state index >= 15 is 0 Å². The van der Waals surface area contributed by atoms with E-state index in [4.69, 9.17) is 0 Å². The van der Waals surface area contributed by atoms with Gasteiger partial charge < -0.3 is 10.0 Å². The van der Waals surface area contributed by atoms with Gasteiger partial charge >= 0.3 is 0 Å². The van der Waals surface area contributed by atoms with Crippen LogP contribution < -0.4 is 4.90 Å². The summed E-state index contributed by atoms with van der Waals surface area (Å²) in [6.45, 7) is 3.77. The van der Waals surface area contributed by atoms with Crippen LogP contribution in [0.4, 0.5) is 10.1 Å². The van der Waals surface area contributed by atoms with E-state index in [2.05, 4.69) is 4.90 Å². The Hall–Kier alpha value is -1.09. The van der Waals surface area contributed by atoms with Gasteiger partial charge in [-0.1, -0.05) is 31.4 Å². The first-order chi connectivity index (χ1) is 9.21. The van der Waals surface area contributed by atoms with E-state index in [-0.39, 0.29) is 17.8 Å². The van der Waals surface area contributed by atoms with Gasteiger partial charge in [0.15, 0.2) is 0 Å². The fourth-order valence-corrected chi connectivity index (χ4v) is 3.15. The lowest BCUT2D eigenvalue weighted by atomic mass is 9.74. The summed E-state index contributed by atoms with van der Waals surface area (Å²) in [4.78, 5) is 2.07. The van der Waals surface area contributed by atoms with Crippen molar-refractivity contribution in [2.24, 2.45) is 5.41 Å². The maximum absolute atomic E-state index is 13.9. The Kier molecular flexibility index (Phi) is 4.81. The molecule has 1 aromatic carbocycles. The molecule has 0 spiro atoms. The summed E-state index contributed by atoms with van der Waals surface area (Å²) < 4.78 is 13.9. The molecule has 0 heterocycles. The first kappa shape index (κ1) is 14.3. The number of halogens is 1. The standard InChI is InChI=1S/C16H24FNO/c1-2-18(15-9-5-4-8-14(15)17)12-16(13-19)10-6-3-7-11-16/h4-5,8-9,19H,2-3,6-7,10-13H2,1H3. The second-order valence-electron chi connectivity index (χ2n) is 5.68. The molecule has 1 aliphatic carbocycles. The minimum Gasteiger partial charge on any atom is -0.396 e. The lowest BCUT2D eigenvalue weighted by Crippen LogP contribution is -2.42. The Balaban J connectivity index is 2.16. The lowest BCUT2D eigenvalue weighted by molar-refractivity contribution is 0.0881. The maximum Gasteiger partial charge on any atom is 0.146 e. The van der Waals surface area contributed by atoms with Crippen LogP contribution in [-0.4, -0.2) is 24.8 Å². The zero-order valence-electron chi connectivity index (χ0n) is 11.7. The summed E-state index contributed by atoms with van der Waals surface area (Å²) in [5, 5.41) is 9.78. The van der Waals surface area contributed by atoms with Crippen LogP contribution in [0.15, 0.2) is 24.3 Å². The van der Waals surface area contributed by atoms with Gasteiger partial charge in [-0.25, -0.2) is 4.39 Å². The molecule has 0 atom stereocenters. The molecule has 0 unspecified atom stereocenters. The number of rotatable bonds is 5. The topological polar surface area (TPSA) is 23.5 Å². The summed E-state index contributed by atoms with van der Waals surface area (Å²) in [5.74, 6) is -0.173. The van der Waals surface area contributed by atoms with Crippen LogP contribution in [0.1, 0.15) is 39.0 Å². The Morgan fingerprint density at radius 2 is 1.89 bits per heavy atom. The van der Waals surface area contributed by atoms with Gasteiger partial charge in [-0.2, -0.15) is 0 Å². The number of aliphatic hydroxyl groups is 1. The number of aliphatic hydroxyl groups excluding tert-OH is 1. The number of anilines is 1. The Bertz CT molecular complexity index is 401. The first-order valence-corrected chi connectivity index (χ1v) is 7.31. The van der Waals surface area contributed by atoms with Crippen molar-refractivity contribution in [2.75, 3.05) is 24.6 Å². The Morgan fingerprint density at radius 3 is 2.47 bits per heavy atom. The summed E-state index contributed by atoms with van der Waals surface area (Å²) in [5.41, 5.74) is 0.611. The van der Waals surface area contributed by atoms with Crippen LogP contribution in [0.2, 0.25) is 0 Å². The van der Waals surface area contributed by atoms with Crippen LogP contribution in [0.3, 0.4) is 0 Å². The van der Waals surface area contributed by atoms with Gasteiger partial charge in [0.1, 0.15) is 5.82 Å². The predicted octanol–water partition coefficient (Wildman–Crippen LogP) is 3.59. The molecule has 1 fully saturated rings. The maximum atomic E-state index is 13.9. The van der Waals surface area contributed by atoms with Gasteiger partial charge in [0.05, 0.1) is 12.3 Å². The van der Waals surface area contributed by atoms with Crippen molar-refractivity contribution in [1.29, 1.82) is 0 Å². The van der Waals surface area contributed by atoms with Gasteiger partial charge in [0.2, 0.25) is 0 Å². The minimum atomic E-state index is -0.173. The van der Waals surface area contributed by atoms with E-state index in [1.807, 2.05) is 19.1 Å². The average Bonchev–Trinajstić information content (AvgIpc) is 2.47. The highest BCUT2D eigenvalue weighted by Crippen LogP contribution is 2.37. The molecule has 2 rings (SSSR count). The molecule has 0 amide bonds. The number of hydrogen-bond acceptors (Lipinski definition) is 2. The molecule has 0 saturated heterocycles. The molecule has 0 aromatic heterocycles. The summed E-state index contributed by atoms with van der Waals surface area (Å²) >= 11 is 0. The van der Waals surface area contributed by atoms with Crippen molar-refractivity contribution in [2.45, 2.75) is 39.0 Å². The van der Waals surface area contributed by atoms with Gasteiger partial charge in [0.25, 0.3) is 0 Å². The molecule has 1 N–H and O–H groups in total. The zero-order chi connectivity index (χ0) is 13.7. The first-order valence-electron chi connectivity index (χ1n) is 7.31. The number of para-hydroxylation sites is 1. The van der Waals surface area contributed by atoms with Gasteiger partial charge in [-0.15, -0.1) is 0 Å². The molecule has 2 nitrogen and oxygen atoms in total. The molecule has 106 valence electrons. The predicted molar refractivity (Wildman–Crippen MR) is 76.9 cm³/mol. The molecule has 0 radical (unpaired) electrons. The van der Waals surface area contributed by atoms with E-state index in [1.54, 1.807) is 6.07 Å². The average molecular weight is 265 g/mol. The van der Waals surface area contributed by atoms with Crippen LogP contribution in [0.5, 0.6) is 0 Å². The molecular formula is C16H24FNO. The van der Waals surface area contributed by atoms with Crippen molar-refractivity contribution < 1.29 is 9.50 Å². The van der Waals surface area contributed by atoms with Crippen molar-refractivity contribution in [3.63, 3.8) is 0 Å². The van der Waals surface area contributed by atoms with Crippen LogP contribution in [0.25, 0.3) is 0 Å². The number of hydrogen-bond donors (Lipinski definition) is 1. The highest BCUT2D eigenvalue weighted by atomic mass is 19.1. The molecule has 1 aliphatic rings.